The lowest BCUT2D eigenvalue weighted by Crippen LogP contribution is -2.69. The van der Waals surface area contributed by atoms with E-state index in [2.05, 4.69) is 13.8 Å². The first-order valence-corrected chi connectivity index (χ1v) is 17.7. The largest absolute Gasteiger partial charge is 0.503 e. The third-order valence-corrected chi connectivity index (χ3v) is 11.7. The van der Waals surface area contributed by atoms with E-state index < -0.39 is 58.6 Å². The van der Waals surface area contributed by atoms with Gasteiger partial charge in [-0.3, -0.25) is 9.59 Å². The third kappa shape index (κ3) is 8.12. The van der Waals surface area contributed by atoms with E-state index >= 15 is 4.39 Å². The van der Waals surface area contributed by atoms with Gasteiger partial charge in [0.25, 0.3) is 0 Å². The van der Waals surface area contributed by atoms with Crippen LogP contribution in [0.15, 0.2) is 23.8 Å². The van der Waals surface area contributed by atoms with Crippen molar-refractivity contribution in [3.8, 4) is 0 Å². The number of aliphatic hydroxyl groups is 3. The van der Waals surface area contributed by atoms with Crippen LogP contribution in [0.1, 0.15) is 137 Å². The Bertz CT molecular complexity index is 1070. The van der Waals surface area contributed by atoms with Crippen LogP contribution in [-0.4, -0.2) is 67.2 Å². The summed E-state index contributed by atoms with van der Waals surface area (Å²) < 4.78 is 16.9. The van der Waals surface area contributed by atoms with Gasteiger partial charge in [-0.15, -0.1) is 0 Å². The van der Waals surface area contributed by atoms with Crippen LogP contribution in [0.5, 0.6) is 0 Å². The van der Waals surface area contributed by atoms with Gasteiger partial charge in [-0.1, -0.05) is 116 Å². The lowest BCUT2D eigenvalue weighted by atomic mass is 9.44. The number of rotatable bonds is 13. The van der Waals surface area contributed by atoms with E-state index in [1.54, 1.807) is 26.8 Å². The lowest BCUT2D eigenvalue weighted by Gasteiger charge is -2.62. The predicted octanol–water partition coefficient (Wildman–Crippen LogP) is 7.83. The van der Waals surface area contributed by atoms with Gasteiger partial charge in [0, 0.05) is 16.7 Å². The van der Waals surface area contributed by atoms with E-state index in [0.29, 0.717) is 24.8 Å². The molecule has 4 rings (SSSR count). The van der Waals surface area contributed by atoms with Crippen molar-refractivity contribution in [2.75, 3.05) is 6.61 Å². The summed E-state index contributed by atoms with van der Waals surface area (Å²) in [6.45, 7) is 9.05. The van der Waals surface area contributed by atoms with Crippen LogP contribution in [0.3, 0.4) is 0 Å². The number of aliphatic hydroxyl groups excluding tert-OH is 2. The molecule has 9 heteroatoms. The number of halogens is 1. The summed E-state index contributed by atoms with van der Waals surface area (Å²) in [7, 11) is 0. The summed E-state index contributed by atoms with van der Waals surface area (Å²) in [5.74, 6) is -2.12. The topological polar surface area (TPSA) is 152 Å². The highest BCUT2D eigenvalue weighted by Gasteiger charge is 2.75. The number of Topliss-reactive ketones (excluding diaryl/α,β-unsaturated/α-hetero) is 1. The Morgan fingerprint density at radius 1 is 0.913 bits per heavy atom. The molecule has 8 atom stereocenters. The Labute approximate surface area is 275 Å². The summed E-state index contributed by atoms with van der Waals surface area (Å²) >= 11 is 0. The highest BCUT2D eigenvalue weighted by atomic mass is 19.1. The number of hydrogen-bond donors (Lipinski definition) is 5. The van der Waals surface area contributed by atoms with Crippen LogP contribution in [0.25, 0.3) is 0 Å². The second kappa shape index (κ2) is 17.3. The van der Waals surface area contributed by atoms with Gasteiger partial charge in [0.05, 0.1) is 6.10 Å². The fourth-order valence-corrected chi connectivity index (χ4v) is 9.18. The maximum absolute atomic E-state index is 16.9. The number of unbranched alkanes of at least 4 members (excludes halogenated alkanes) is 11. The summed E-state index contributed by atoms with van der Waals surface area (Å²) in [5.41, 5.74) is -5.17. The average molecular weight is 653 g/mol. The van der Waals surface area contributed by atoms with Crippen molar-refractivity contribution in [3.05, 3.63) is 23.8 Å². The second-order valence-electron chi connectivity index (χ2n) is 14.6. The van der Waals surface area contributed by atoms with Gasteiger partial charge < -0.3 is 25.5 Å². The molecule has 0 saturated heterocycles. The zero-order valence-electron chi connectivity index (χ0n) is 28.9. The van der Waals surface area contributed by atoms with Gasteiger partial charge in [-0.05, 0) is 56.6 Å². The van der Waals surface area contributed by atoms with Crippen LogP contribution >= 0.6 is 0 Å². The molecule has 0 heterocycles. The van der Waals surface area contributed by atoms with Gasteiger partial charge in [-0.2, -0.15) is 0 Å². The number of carbonyl (C=O) groups excluding carboxylic acids is 2. The maximum atomic E-state index is 16.9. The summed E-state index contributed by atoms with van der Waals surface area (Å²) in [4.78, 5) is 32.9. The minimum atomic E-state index is -1.98. The van der Waals surface area contributed by atoms with Crippen molar-refractivity contribution < 1.29 is 44.3 Å². The van der Waals surface area contributed by atoms with Crippen molar-refractivity contribution in [3.63, 3.8) is 0 Å². The zero-order valence-corrected chi connectivity index (χ0v) is 28.9. The molecule has 0 aromatic rings. The molecular weight excluding hydrogens is 591 g/mol. The second-order valence-corrected chi connectivity index (χ2v) is 14.6. The number of carboxylic acid groups (broad SMARTS) is 2. The third-order valence-electron chi connectivity index (χ3n) is 11.7. The number of alkyl halides is 1. The lowest BCUT2D eigenvalue weighted by molar-refractivity contribution is -0.219. The number of fused-ring (bicyclic) bond motifs is 5. The smallest absolute Gasteiger partial charge is 0.450 e. The van der Waals surface area contributed by atoms with E-state index in [1.807, 2.05) is 0 Å². The SMILES string of the molecule is CCCCCCCCCCCCCC.C[C@@H]1C[C@H]2[C@@H]3CCC4=CC(=O)C=C[C@]4(C)[C@@]3(F)[C@@H](O)C[C@]2(C)[C@@]1(O)C(=O)CO.O=C(O)O. The Morgan fingerprint density at radius 3 is 1.85 bits per heavy atom. The highest BCUT2D eigenvalue weighted by molar-refractivity contribution is 6.01. The first kappa shape index (κ1) is 40.1. The number of ketones is 2. The van der Waals surface area contributed by atoms with Crippen LogP contribution in [-0.2, 0) is 9.59 Å². The standard InChI is InChI=1S/C22H29FO5.C14H30.CH2O3/c1-12-8-16-15-5-4-13-9-14(25)6-7-19(13,2)21(15,23)17(26)10-20(16,3)22(12,28)18(27)11-24;1-3-5-7-9-11-13-14-12-10-8-6-4-2;2-1(3)4/h6-7,9,12,15-17,24,26,28H,4-5,8,10-11H2,1-3H3;3-14H2,1-2H3;(H2,2,3,4)/t12-,15+,16+,17+,19+,20+,21+,22+;;/m1../s1. The first-order valence-electron chi connectivity index (χ1n) is 17.7. The quantitative estimate of drug-likeness (QED) is 0.126. The minimum absolute atomic E-state index is 0.0676. The molecule has 0 amide bonds. The molecule has 3 fully saturated rings. The molecular formula is C37H61FO8. The number of hydrogen-bond acceptors (Lipinski definition) is 6. The Kier molecular flexibility index (Phi) is 15.1. The van der Waals surface area contributed by atoms with Crippen LogP contribution in [0.2, 0.25) is 0 Å². The normalized spacial score (nSPS) is 35.8. The van der Waals surface area contributed by atoms with Crippen molar-refractivity contribution >= 4 is 17.7 Å². The zero-order chi connectivity index (χ0) is 34.8. The summed E-state index contributed by atoms with van der Waals surface area (Å²) in [6, 6.07) is 0. The van der Waals surface area contributed by atoms with E-state index in [-0.39, 0.29) is 18.1 Å². The fourth-order valence-electron chi connectivity index (χ4n) is 9.18. The molecule has 0 aliphatic heterocycles. The number of allylic oxidation sites excluding steroid dienone is 4. The van der Waals surface area contributed by atoms with Crippen molar-refractivity contribution in [1.82, 2.24) is 0 Å². The van der Waals surface area contributed by atoms with E-state index in [1.165, 1.54) is 89.2 Å². The number of carbonyl (C=O) groups is 3. The summed E-state index contributed by atoms with van der Waals surface area (Å²) in [5, 5.41) is 45.9. The minimum Gasteiger partial charge on any atom is -0.450 e. The van der Waals surface area contributed by atoms with E-state index in [9.17, 15) is 24.9 Å². The van der Waals surface area contributed by atoms with Gasteiger partial charge in [0.1, 0.15) is 12.2 Å². The molecule has 5 N–H and O–H groups in total. The van der Waals surface area contributed by atoms with Gasteiger partial charge in [0.2, 0.25) is 0 Å². The predicted molar refractivity (Wildman–Crippen MR) is 177 cm³/mol. The molecule has 3 saturated carbocycles. The van der Waals surface area contributed by atoms with Crippen LogP contribution < -0.4 is 0 Å². The highest BCUT2D eigenvalue weighted by Crippen LogP contribution is 2.70. The molecule has 0 spiro atoms. The van der Waals surface area contributed by atoms with Crippen molar-refractivity contribution in [2.45, 2.75) is 155 Å². The molecule has 0 aromatic carbocycles. The maximum Gasteiger partial charge on any atom is 0.503 e. The van der Waals surface area contributed by atoms with Gasteiger partial charge in [-0.25, -0.2) is 9.18 Å². The van der Waals surface area contributed by atoms with Crippen molar-refractivity contribution in [2.24, 2.45) is 28.6 Å². The Hall–Kier alpha value is -2.10. The molecule has 4 aliphatic carbocycles. The monoisotopic (exact) mass is 652 g/mol. The summed E-state index contributed by atoms with van der Waals surface area (Å²) in [6.07, 6.45) is 20.0. The molecule has 0 unspecified atom stereocenters. The first-order chi connectivity index (χ1) is 21.6. The molecule has 0 aromatic heterocycles. The van der Waals surface area contributed by atoms with Crippen LogP contribution in [0.4, 0.5) is 9.18 Å². The van der Waals surface area contributed by atoms with Crippen LogP contribution in [0, 0.1) is 28.6 Å². The average Bonchev–Trinajstić information content (AvgIpc) is 3.20. The van der Waals surface area contributed by atoms with Crippen molar-refractivity contribution in [1.29, 1.82) is 0 Å². The van der Waals surface area contributed by atoms with Gasteiger partial charge in [0.15, 0.2) is 17.2 Å². The van der Waals surface area contributed by atoms with Gasteiger partial charge >= 0.3 is 6.16 Å². The Balaban J connectivity index is 0.000000345. The molecule has 0 bridgehead atoms. The molecule has 0 radical (unpaired) electrons. The molecule has 264 valence electrons. The van der Waals surface area contributed by atoms with E-state index in [0.717, 1.165) is 0 Å². The fraction of sp³-hybridized carbons (Fsp3) is 0.811. The molecule has 46 heavy (non-hydrogen) atoms. The molecule has 8 nitrogen and oxygen atoms in total. The van der Waals surface area contributed by atoms with E-state index in [4.69, 9.17) is 15.0 Å². The molecule has 4 aliphatic rings. The Morgan fingerprint density at radius 2 is 1.39 bits per heavy atom.